The van der Waals surface area contributed by atoms with E-state index < -0.39 is 0 Å². The standard InChI is InChI=1S/C12H19N5S/c1-3-16-6-7-17(8-9(16)2)12-10(11(13)18)14-4-5-15-12/h4-5,9H,3,6-8H2,1-2H3,(H2,13,18). The highest BCUT2D eigenvalue weighted by Gasteiger charge is 2.25. The van der Waals surface area contributed by atoms with Gasteiger partial charge in [-0.2, -0.15) is 0 Å². The molecule has 0 spiro atoms. The number of aromatic nitrogens is 2. The number of anilines is 1. The number of hydrogen-bond donors (Lipinski definition) is 1. The molecule has 6 heteroatoms. The fourth-order valence-electron chi connectivity index (χ4n) is 2.39. The van der Waals surface area contributed by atoms with Gasteiger partial charge in [0.2, 0.25) is 0 Å². The summed E-state index contributed by atoms with van der Waals surface area (Å²) in [6.45, 7) is 8.40. The highest BCUT2D eigenvalue weighted by atomic mass is 32.1. The van der Waals surface area contributed by atoms with Crippen LogP contribution in [-0.2, 0) is 0 Å². The summed E-state index contributed by atoms with van der Waals surface area (Å²) in [6, 6.07) is 0.505. The van der Waals surface area contributed by atoms with E-state index in [0.717, 1.165) is 32.0 Å². The maximum atomic E-state index is 5.70. The summed E-state index contributed by atoms with van der Waals surface area (Å²) in [5, 5.41) is 0. The summed E-state index contributed by atoms with van der Waals surface area (Å²) in [5.74, 6) is 0.813. The molecule has 2 N–H and O–H groups in total. The molecule has 0 aromatic carbocycles. The number of rotatable bonds is 3. The molecule has 1 fully saturated rings. The number of thiocarbonyl (C=S) groups is 1. The summed E-state index contributed by atoms with van der Waals surface area (Å²) in [5.41, 5.74) is 6.33. The fourth-order valence-corrected chi connectivity index (χ4v) is 2.54. The molecule has 1 aliphatic rings. The normalized spacial score (nSPS) is 21.0. The zero-order valence-electron chi connectivity index (χ0n) is 10.8. The third kappa shape index (κ3) is 2.59. The average Bonchev–Trinajstić information content (AvgIpc) is 2.38. The smallest absolute Gasteiger partial charge is 0.157 e. The number of piperazine rings is 1. The van der Waals surface area contributed by atoms with Gasteiger partial charge in [0.1, 0.15) is 10.7 Å². The Kier molecular flexibility index (Phi) is 4.08. The van der Waals surface area contributed by atoms with Crippen LogP contribution in [0.15, 0.2) is 12.4 Å². The highest BCUT2D eigenvalue weighted by molar-refractivity contribution is 7.80. The lowest BCUT2D eigenvalue weighted by Gasteiger charge is -2.40. The molecule has 98 valence electrons. The van der Waals surface area contributed by atoms with Gasteiger partial charge in [0.25, 0.3) is 0 Å². The summed E-state index contributed by atoms with van der Waals surface area (Å²) in [4.78, 5) is 13.6. The monoisotopic (exact) mass is 265 g/mol. The van der Waals surface area contributed by atoms with Crippen molar-refractivity contribution in [3.63, 3.8) is 0 Å². The van der Waals surface area contributed by atoms with Gasteiger partial charge < -0.3 is 10.6 Å². The first kappa shape index (κ1) is 13.2. The maximum Gasteiger partial charge on any atom is 0.157 e. The summed E-state index contributed by atoms with van der Waals surface area (Å²) < 4.78 is 0. The van der Waals surface area contributed by atoms with E-state index >= 15 is 0 Å². The van der Waals surface area contributed by atoms with Gasteiger partial charge in [0.05, 0.1) is 0 Å². The van der Waals surface area contributed by atoms with E-state index in [2.05, 4.69) is 33.6 Å². The van der Waals surface area contributed by atoms with Crippen molar-refractivity contribution >= 4 is 23.0 Å². The molecule has 1 unspecified atom stereocenters. The molecule has 1 atom stereocenters. The Morgan fingerprint density at radius 2 is 2.17 bits per heavy atom. The summed E-state index contributed by atoms with van der Waals surface area (Å²) in [6.07, 6.45) is 3.32. The van der Waals surface area contributed by atoms with Gasteiger partial charge in [0, 0.05) is 38.1 Å². The summed E-state index contributed by atoms with van der Waals surface area (Å²) >= 11 is 5.03. The molecule has 0 saturated carbocycles. The van der Waals surface area contributed by atoms with Crippen LogP contribution >= 0.6 is 12.2 Å². The van der Waals surface area contributed by atoms with Gasteiger partial charge in [-0.15, -0.1) is 0 Å². The van der Waals surface area contributed by atoms with Crippen molar-refractivity contribution in [1.29, 1.82) is 0 Å². The second kappa shape index (κ2) is 5.58. The van der Waals surface area contributed by atoms with Crippen LogP contribution in [0.1, 0.15) is 19.5 Å². The molecular formula is C12H19N5S. The van der Waals surface area contributed by atoms with E-state index in [9.17, 15) is 0 Å². The first-order chi connectivity index (χ1) is 8.63. The van der Waals surface area contributed by atoms with Crippen LogP contribution in [0.5, 0.6) is 0 Å². The molecule has 18 heavy (non-hydrogen) atoms. The van der Waals surface area contributed by atoms with Crippen LogP contribution < -0.4 is 10.6 Å². The van der Waals surface area contributed by atoms with Gasteiger partial charge in [-0.1, -0.05) is 19.1 Å². The third-order valence-corrected chi connectivity index (χ3v) is 3.58. The van der Waals surface area contributed by atoms with Gasteiger partial charge in [0.15, 0.2) is 5.82 Å². The minimum absolute atomic E-state index is 0.309. The molecule has 2 heterocycles. The highest BCUT2D eigenvalue weighted by Crippen LogP contribution is 2.19. The predicted octanol–water partition coefficient (Wildman–Crippen LogP) is 0.641. The van der Waals surface area contributed by atoms with E-state index in [4.69, 9.17) is 18.0 Å². The van der Waals surface area contributed by atoms with Crippen molar-refractivity contribution in [3.8, 4) is 0 Å². The lowest BCUT2D eigenvalue weighted by molar-refractivity contribution is 0.199. The molecule has 1 aliphatic heterocycles. The number of likely N-dealkylation sites (N-methyl/N-ethyl adjacent to an activating group) is 1. The van der Waals surface area contributed by atoms with Crippen molar-refractivity contribution in [2.75, 3.05) is 31.1 Å². The Hall–Kier alpha value is -1.27. The Morgan fingerprint density at radius 3 is 2.78 bits per heavy atom. The molecule has 5 nitrogen and oxygen atoms in total. The zero-order chi connectivity index (χ0) is 13.1. The largest absolute Gasteiger partial charge is 0.388 e. The lowest BCUT2D eigenvalue weighted by Crippen LogP contribution is -2.52. The molecule has 2 rings (SSSR count). The first-order valence-corrected chi connectivity index (χ1v) is 6.64. The van der Waals surface area contributed by atoms with Crippen LogP contribution in [0.2, 0.25) is 0 Å². The topological polar surface area (TPSA) is 58.3 Å². The quantitative estimate of drug-likeness (QED) is 0.810. The third-order valence-electron chi connectivity index (χ3n) is 3.38. The fraction of sp³-hybridized carbons (Fsp3) is 0.583. The number of nitrogens with two attached hydrogens (primary N) is 1. The van der Waals surface area contributed by atoms with Crippen LogP contribution in [0.25, 0.3) is 0 Å². The lowest BCUT2D eigenvalue weighted by atomic mass is 10.2. The Morgan fingerprint density at radius 1 is 1.44 bits per heavy atom. The van der Waals surface area contributed by atoms with Gasteiger partial charge in [-0.3, -0.25) is 4.90 Å². The minimum Gasteiger partial charge on any atom is -0.388 e. The first-order valence-electron chi connectivity index (χ1n) is 6.23. The predicted molar refractivity (Wildman–Crippen MR) is 76.8 cm³/mol. The number of hydrogen-bond acceptors (Lipinski definition) is 5. The van der Waals surface area contributed by atoms with E-state index in [1.165, 1.54) is 0 Å². The van der Waals surface area contributed by atoms with Crippen molar-refractivity contribution in [3.05, 3.63) is 18.1 Å². The molecule has 0 amide bonds. The Labute approximate surface area is 113 Å². The molecular weight excluding hydrogens is 246 g/mol. The molecule has 1 saturated heterocycles. The maximum absolute atomic E-state index is 5.70. The van der Waals surface area contributed by atoms with Crippen molar-refractivity contribution in [2.45, 2.75) is 19.9 Å². The molecule has 0 radical (unpaired) electrons. The van der Waals surface area contributed by atoms with Crippen molar-refractivity contribution in [2.24, 2.45) is 5.73 Å². The van der Waals surface area contributed by atoms with Gasteiger partial charge in [-0.25, -0.2) is 9.97 Å². The van der Waals surface area contributed by atoms with Crippen molar-refractivity contribution in [1.82, 2.24) is 14.9 Å². The zero-order valence-corrected chi connectivity index (χ0v) is 11.7. The second-order valence-corrected chi connectivity index (χ2v) is 4.96. The van der Waals surface area contributed by atoms with Crippen LogP contribution in [-0.4, -0.2) is 52.1 Å². The van der Waals surface area contributed by atoms with Crippen molar-refractivity contribution < 1.29 is 0 Å². The van der Waals surface area contributed by atoms with Crippen LogP contribution in [0, 0.1) is 0 Å². The van der Waals surface area contributed by atoms with Crippen LogP contribution in [0.4, 0.5) is 5.82 Å². The molecule has 1 aromatic rings. The second-order valence-electron chi connectivity index (χ2n) is 4.52. The van der Waals surface area contributed by atoms with Crippen LogP contribution in [0.3, 0.4) is 0 Å². The molecule has 0 bridgehead atoms. The Balaban J connectivity index is 2.20. The molecule has 1 aromatic heterocycles. The van der Waals surface area contributed by atoms with Gasteiger partial charge in [-0.05, 0) is 13.5 Å². The van der Waals surface area contributed by atoms with E-state index in [-0.39, 0.29) is 0 Å². The SMILES string of the molecule is CCN1CCN(c2nccnc2C(N)=S)CC1C. The van der Waals surface area contributed by atoms with E-state index in [1.54, 1.807) is 12.4 Å². The Bertz CT molecular complexity index is 436. The number of nitrogens with zero attached hydrogens (tertiary/aromatic N) is 4. The summed E-state index contributed by atoms with van der Waals surface area (Å²) in [7, 11) is 0. The minimum atomic E-state index is 0.309. The molecule has 0 aliphatic carbocycles. The average molecular weight is 265 g/mol. The van der Waals surface area contributed by atoms with E-state index in [1.807, 2.05) is 0 Å². The van der Waals surface area contributed by atoms with E-state index in [0.29, 0.717) is 16.7 Å². The van der Waals surface area contributed by atoms with Gasteiger partial charge >= 0.3 is 0 Å².